The van der Waals surface area contributed by atoms with Crippen molar-refractivity contribution in [3.63, 3.8) is 0 Å². The van der Waals surface area contributed by atoms with Gasteiger partial charge in [-0.15, -0.1) is 0 Å². The number of aryl methyl sites for hydroxylation is 1. The van der Waals surface area contributed by atoms with E-state index < -0.39 is 5.91 Å². The second kappa shape index (κ2) is 9.49. The molecule has 2 heterocycles. The Bertz CT molecular complexity index is 1300. The highest BCUT2D eigenvalue weighted by atomic mass is 35.5. The van der Waals surface area contributed by atoms with E-state index in [2.05, 4.69) is 36.2 Å². The summed E-state index contributed by atoms with van der Waals surface area (Å²) in [5, 5.41) is 7.56. The van der Waals surface area contributed by atoms with Gasteiger partial charge in [-0.2, -0.15) is 0 Å². The summed E-state index contributed by atoms with van der Waals surface area (Å²) in [5.74, 6) is 1.01. The predicted molar refractivity (Wildman–Crippen MR) is 134 cm³/mol. The molecule has 0 radical (unpaired) electrons. The summed E-state index contributed by atoms with van der Waals surface area (Å²) in [4.78, 5) is 17.3. The number of benzene rings is 2. The van der Waals surface area contributed by atoms with Crippen molar-refractivity contribution in [1.82, 2.24) is 10.1 Å². The number of carbonyl (C=O) groups excluding carboxylic acids is 1. The lowest BCUT2D eigenvalue weighted by Crippen LogP contribution is -2.13. The second-order valence-corrected chi connectivity index (χ2v) is 9.59. The zero-order valence-electron chi connectivity index (χ0n) is 19.1. The van der Waals surface area contributed by atoms with Crippen LogP contribution in [0.3, 0.4) is 0 Å². The molecular weight excluding hydrogens is 473 g/mol. The second-order valence-electron chi connectivity index (χ2n) is 8.77. The van der Waals surface area contributed by atoms with E-state index in [9.17, 15) is 4.79 Å². The van der Waals surface area contributed by atoms with Crippen LogP contribution in [-0.4, -0.2) is 16.0 Å². The molecule has 2 aromatic heterocycles. The third-order valence-corrected chi connectivity index (χ3v) is 5.86. The fraction of sp³-hybridized carbons (Fsp3) is 0.192. The minimum atomic E-state index is -0.419. The number of nitrogens with zero attached hydrogens (tertiary/aromatic N) is 2. The molecule has 4 rings (SSSR count). The van der Waals surface area contributed by atoms with Crippen molar-refractivity contribution in [2.75, 3.05) is 5.32 Å². The largest absolute Gasteiger partial charge is 0.439 e. The highest BCUT2D eigenvalue weighted by Gasteiger charge is 2.25. The molecule has 0 atom stereocenters. The maximum atomic E-state index is 13.0. The Balaban J connectivity index is 1.50. The third-order valence-electron chi connectivity index (χ3n) is 5.23. The summed E-state index contributed by atoms with van der Waals surface area (Å²) in [5.41, 5.74) is 2.72. The van der Waals surface area contributed by atoms with Crippen LogP contribution in [0, 0.1) is 6.92 Å². The molecule has 0 saturated carbocycles. The van der Waals surface area contributed by atoms with Crippen molar-refractivity contribution in [1.29, 1.82) is 0 Å². The van der Waals surface area contributed by atoms with Gasteiger partial charge in [0.1, 0.15) is 22.8 Å². The highest BCUT2D eigenvalue weighted by molar-refractivity contribution is 6.39. The van der Waals surface area contributed by atoms with E-state index in [1.54, 1.807) is 37.3 Å². The number of rotatable bonds is 5. The van der Waals surface area contributed by atoms with E-state index in [1.807, 2.05) is 24.3 Å². The summed E-state index contributed by atoms with van der Waals surface area (Å²) in [7, 11) is 0. The van der Waals surface area contributed by atoms with E-state index in [4.69, 9.17) is 32.5 Å². The third kappa shape index (κ3) is 5.08. The van der Waals surface area contributed by atoms with Crippen LogP contribution in [0.15, 0.2) is 65.3 Å². The lowest BCUT2D eigenvalue weighted by Gasteiger charge is -2.19. The van der Waals surface area contributed by atoms with Crippen molar-refractivity contribution in [2.45, 2.75) is 33.1 Å². The first-order valence-corrected chi connectivity index (χ1v) is 11.4. The normalized spacial score (nSPS) is 11.4. The number of pyridine rings is 1. The van der Waals surface area contributed by atoms with Crippen molar-refractivity contribution in [3.05, 3.63) is 87.7 Å². The number of hydrogen-bond donors (Lipinski definition) is 1. The first kappa shape index (κ1) is 23.8. The van der Waals surface area contributed by atoms with E-state index >= 15 is 0 Å². The average Bonchev–Trinajstić information content (AvgIpc) is 3.16. The molecule has 8 heteroatoms. The van der Waals surface area contributed by atoms with Crippen molar-refractivity contribution < 1.29 is 14.1 Å². The van der Waals surface area contributed by atoms with Crippen LogP contribution in [0.1, 0.15) is 42.5 Å². The zero-order chi connectivity index (χ0) is 24.5. The van der Waals surface area contributed by atoms with Gasteiger partial charge in [0.05, 0.1) is 21.9 Å². The molecular formula is C26H23Cl2N3O3. The molecule has 4 aromatic rings. The molecule has 6 nitrogen and oxygen atoms in total. The zero-order valence-corrected chi connectivity index (χ0v) is 20.7. The van der Waals surface area contributed by atoms with E-state index in [-0.39, 0.29) is 16.7 Å². The van der Waals surface area contributed by atoms with Crippen LogP contribution < -0.4 is 10.1 Å². The summed E-state index contributed by atoms with van der Waals surface area (Å²) in [6.07, 6.45) is 1.52. The van der Waals surface area contributed by atoms with Gasteiger partial charge in [-0.05, 0) is 48.2 Å². The number of anilines is 1. The Morgan fingerprint density at radius 2 is 1.68 bits per heavy atom. The molecule has 0 aliphatic heterocycles. The Labute approximate surface area is 207 Å². The highest BCUT2D eigenvalue weighted by Crippen LogP contribution is 2.37. The molecule has 0 unspecified atom stereocenters. The molecule has 1 N–H and O–H groups in total. The van der Waals surface area contributed by atoms with Crippen LogP contribution in [0.25, 0.3) is 11.3 Å². The molecule has 0 spiro atoms. The number of halogens is 2. The predicted octanol–water partition coefficient (Wildman–Crippen LogP) is 7.69. The molecule has 174 valence electrons. The van der Waals surface area contributed by atoms with Gasteiger partial charge >= 0.3 is 0 Å². The van der Waals surface area contributed by atoms with Gasteiger partial charge in [-0.25, -0.2) is 4.98 Å². The molecule has 2 aromatic carbocycles. The van der Waals surface area contributed by atoms with Crippen LogP contribution in [0.5, 0.6) is 11.6 Å². The van der Waals surface area contributed by atoms with E-state index in [1.165, 1.54) is 11.8 Å². The van der Waals surface area contributed by atoms with Gasteiger partial charge < -0.3 is 14.6 Å². The van der Waals surface area contributed by atoms with Crippen LogP contribution in [0.4, 0.5) is 5.69 Å². The SMILES string of the molecule is Cc1onc(-c2c(Cl)cccc2Cl)c1C(=O)Nc1ccc(Oc2ccc(C(C)(C)C)cc2)nc1. The Kier molecular flexibility index (Phi) is 6.64. The number of hydrogen-bond acceptors (Lipinski definition) is 5. The number of amides is 1. The van der Waals surface area contributed by atoms with Crippen molar-refractivity contribution in [2.24, 2.45) is 0 Å². The topological polar surface area (TPSA) is 77.2 Å². The number of nitrogens with one attached hydrogen (secondary N) is 1. The Morgan fingerprint density at radius 3 is 2.26 bits per heavy atom. The lowest BCUT2D eigenvalue weighted by molar-refractivity contribution is 0.102. The summed E-state index contributed by atoms with van der Waals surface area (Å²) < 4.78 is 11.1. The maximum absolute atomic E-state index is 13.0. The number of carbonyl (C=O) groups is 1. The summed E-state index contributed by atoms with van der Waals surface area (Å²) in [6.45, 7) is 8.12. The molecule has 0 aliphatic rings. The van der Waals surface area contributed by atoms with Gasteiger partial charge in [-0.3, -0.25) is 4.79 Å². The number of aromatic nitrogens is 2. The Hall–Kier alpha value is -3.35. The maximum Gasteiger partial charge on any atom is 0.261 e. The van der Waals surface area contributed by atoms with Crippen LogP contribution in [-0.2, 0) is 5.41 Å². The van der Waals surface area contributed by atoms with Crippen molar-refractivity contribution in [3.8, 4) is 22.9 Å². The van der Waals surface area contributed by atoms with Crippen LogP contribution in [0.2, 0.25) is 10.0 Å². The fourth-order valence-corrected chi connectivity index (χ4v) is 3.96. The molecule has 0 bridgehead atoms. The minimum absolute atomic E-state index is 0.0660. The molecule has 1 amide bonds. The van der Waals surface area contributed by atoms with Gasteiger partial charge in [0.2, 0.25) is 5.88 Å². The van der Waals surface area contributed by atoms with Gasteiger partial charge in [0.25, 0.3) is 5.91 Å². The molecule has 0 saturated heterocycles. The molecule has 0 fully saturated rings. The van der Waals surface area contributed by atoms with Crippen molar-refractivity contribution >= 4 is 34.8 Å². The average molecular weight is 496 g/mol. The quantitative estimate of drug-likeness (QED) is 0.306. The molecule has 0 aliphatic carbocycles. The van der Waals surface area contributed by atoms with Crippen LogP contribution >= 0.6 is 23.2 Å². The first-order chi connectivity index (χ1) is 16.1. The first-order valence-electron chi connectivity index (χ1n) is 10.6. The summed E-state index contributed by atoms with van der Waals surface area (Å²) in [6, 6.07) is 16.3. The Morgan fingerprint density at radius 1 is 1.00 bits per heavy atom. The molecule has 34 heavy (non-hydrogen) atoms. The minimum Gasteiger partial charge on any atom is -0.439 e. The monoisotopic (exact) mass is 495 g/mol. The van der Waals surface area contributed by atoms with E-state index in [0.29, 0.717) is 38.7 Å². The lowest BCUT2D eigenvalue weighted by atomic mass is 9.87. The van der Waals surface area contributed by atoms with E-state index in [0.717, 1.165) is 0 Å². The van der Waals surface area contributed by atoms with Gasteiger partial charge in [0.15, 0.2) is 0 Å². The number of ether oxygens (including phenoxy) is 1. The fourth-order valence-electron chi connectivity index (χ4n) is 3.39. The van der Waals surface area contributed by atoms with Gasteiger partial charge in [0, 0.05) is 11.6 Å². The smallest absolute Gasteiger partial charge is 0.261 e. The van der Waals surface area contributed by atoms with Gasteiger partial charge in [-0.1, -0.05) is 67.3 Å². The summed E-state index contributed by atoms with van der Waals surface area (Å²) >= 11 is 12.6. The standard InChI is InChI=1S/C26H23Cl2N3O3/c1-15-22(24(31-34-15)23-19(27)6-5-7-20(23)28)25(32)30-17-10-13-21(29-14-17)33-18-11-8-16(9-12-18)26(2,3)4/h5-14H,1-4H3,(H,30,32).